The molecule has 1 unspecified atom stereocenters. The van der Waals surface area contributed by atoms with E-state index in [2.05, 4.69) is 12.1 Å². The Morgan fingerprint density at radius 2 is 1.95 bits per heavy atom. The lowest BCUT2D eigenvalue weighted by Gasteiger charge is -2.25. The summed E-state index contributed by atoms with van der Waals surface area (Å²) in [6.07, 6.45) is 0.838. The maximum Gasteiger partial charge on any atom is 0.230 e. The second-order valence-corrected chi connectivity index (χ2v) is 6.96. The molecule has 0 saturated carbocycles. The van der Waals surface area contributed by atoms with E-state index in [1.807, 2.05) is 42.2 Å². The minimum absolute atomic E-state index is 0.111. The van der Waals surface area contributed by atoms with Crippen LogP contribution >= 0.6 is 22.9 Å². The fourth-order valence-electron chi connectivity index (χ4n) is 2.35. The molecule has 2 N–H and O–H groups in total. The molecule has 118 valence electrons. The van der Waals surface area contributed by atoms with Crippen LogP contribution in [0.5, 0.6) is 0 Å². The van der Waals surface area contributed by atoms with Crippen molar-refractivity contribution in [2.45, 2.75) is 19.3 Å². The van der Waals surface area contributed by atoms with E-state index in [0.29, 0.717) is 24.0 Å². The quantitative estimate of drug-likeness (QED) is 0.840. The predicted molar refractivity (Wildman–Crippen MR) is 93.5 cm³/mol. The lowest BCUT2D eigenvalue weighted by molar-refractivity contribution is -0.132. The van der Waals surface area contributed by atoms with Gasteiger partial charge < -0.3 is 10.6 Å². The summed E-state index contributed by atoms with van der Waals surface area (Å²) in [5.74, 6) is -0.0697. The molecule has 0 saturated heterocycles. The van der Waals surface area contributed by atoms with Crippen LogP contribution in [0.25, 0.3) is 0 Å². The van der Waals surface area contributed by atoms with Crippen molar-refractivity contribution in [1.29, 1.82) is 0 Å². The van der Waals surface area contributed by atoms with Crippen molar-refractivity contribution in [2.75, 3.05) is 19.6 Å². The van der Waals surface area contributed by atoms with Gasteiger partial charge in [0, 0.05) is 24.5 Å². The Bertz CT molecular complexity index is 600. The molecule has 1 heterocycles. The van der Waals surface area contributed by atoms with Crippen molar-refractivity contribution in [3.05, 3.63) is 57.2 Å². The van der Waals surface area contributed by atoms with Gasteiger partial charge in [0.25, 0.3) is 0 Å². The van der Waals surface area contributed by atoms with Crippen LogP contribution in [0.2, 0.25) is 4.34 Å². The van der Waals surface area contributed by atoms with E-state index in [1.165, 1.54) is 16.9 Å². The monoisotopic (exact) mass is 336 g/mol. The summed E-state index contributed by atoms with van der Waals surface area (Å²) in [5, 5.41) is 0. The van der Waals surface area contributed by atoms with Crippen LogP contribution in [0, 0.1) is 0 Å². The summed E-state index contributed by atoms with van der Waals surface area (Å²) in [6.45, 7) is 3.66. The van der Waals surface area contributed by atoms with E-state index in [1.54, 1.807) is 0 Å². The number of amides is 1. The highest BCUT2D eigenvalue weighted by molar-refractivity contribution is 7.16. The van der Waals surface area contributed by atoms with E-state index in [0.717, 1.165) is 11.3 Å². The average molecular weight is 337 g/mol. The lowest BCUT2D eigenvalue weighted by Crippen LogP contribution is -2.39. The minimum Gasteiger partial charge on any atom is -0.341 e. The standard InChI is InChI=1S/C17H21ClN2OS/c1-13(15-7-8-16(18)22-15)17(21)20(12-10-19)11-9-14-5-3-2-4-6-14/h2-8,13H,9-12,19H2,1H3. The van der Waals surface area contributed by atoms with Gasteiger partial charge in [-0.1, -0.05) is 41.9 Å². The maximum atomic E-state index is 12.7. The number of nitrogens with two attached hydrogens (primary N) is 1. The average Bonchev–Trinajstić information content (AvgIpc) is 2.97. The zero-order valence-corrected chi connectivity index (χ0v) is 14.2. The summed E-state index contributed by atoms with van der Waals surface area (Å²) >= 11 is 7.43. The van der Waals surface area contributed by atoms with Crippen LogP contribution in [0.4, 0.5) is 0 Å². The van der Waals surface area contributed by atoms with Gasteiger partial charge in [0.05, 0.1) is 10.3 Å². The predicted octanol–water partition coefficient (Wildman–Crippen LogP) is 3.54. The number of rotatable bonds is 7. The molecular formula is C17H21ClN2OS. The summed E-state index contributed by atoms with van der Waals surface area (Å²) in [4.78, 5) is 15.5. The van der Waals surface area contributed by atoms with Crippen LogP contribution in [0.15, 0.2) is 42.5 Å². The van der Waals surface area contributed by atoms with E-state index >= 15 is 0 Å². The molecule has 0 aliphatic carbocycles. The Balaban J connectivity index is 2.01. The highest BCUT2D eigenvalue weighted by Crippen LogP contribution is 2.29. The molecule has 2 aromatic rings. The minimum atomic E-state index is -0.181. The Kier molecular flexibility index (Phi) is 6.43. The number of hydrogen-bond acceptors (Lipinski definition) is 3. The first-order chi connectivity index (χ1) is 10.6. The fourth-order valence-corrected chi connectivity index (χ4v) is 3.46. The molecule has 0 aliphatic heterocycles. The number of carbonyl (C=O) groups is 1. The number of thiophene rings is 1. The van der Waals surface area contributed by atoms with Gasteiger partial charge in [-0.25, -0.2) is 0 Å². The molecule has 0 bridgehead atoms. The number of carbonyl (C=O) groups excluding carboxylic acids is 1. The van der Waals surface area contributed by atoms with Crippen molar-refractivity contribution in [3.63, 3.8) is 0 Å². The summed E-state index contributed by atoms with van der Waals surface area (Å²) in [6, 6.07) is 13.9. The van der Waals surface area contributed by atoms with Crippen molar-refractivity contribution >= 4 is 28.8 Å². The van der Waals surface area contributed by atoms with Crippen LogP contribution in [-0.2, 0) is 11.2 Å². The number of nitrogens with zero attached hydrogens (tertiary/aromatic N) is 1. The van der Waals surface area contributed by atoms with Gasteiger partial charge in [-0.15, -0.1) is 11.3 Å². The van der Waals surface area contributed by atoms with Crippen LogP contribution < -0.4 is 5.73 Å². The molecule has 0 radical (unpaired) electrons. The second-order valence-electron chi connectivity index (χ2n) is 5.21. The Morgan fingerprint density at radius 1 is 1.23 bits per heavy atom. The topological polar surface area (TPSA) is 46.3 Å². The van der Waals surface area contributed by atoms with Gasteiger partial charge >= 0.3 is 0 Å². The van der Waals surface area contributed by atoms with Crippen molar-refractivity contribution < 1.29 is 4.79 Å². The Morgan fingerprint density at radius 3 is 2.55 bits per heavy atom. The first kappa shape index (κ1) is 17.0. The lowest BCUT2D eigenvalue weighted by atomic mass is 10.1. The molecule has 1 aromatic carbocycles. The van der Waals surface area contributed by atoms with Crippen LogP contribution in [0.1, 0.15) is 23.3 Å². The molecule has 5 heteroatoms. The van der Waals surface area contributed by atoms with E-state index in [9.17, 15) is 4.79 Å². The number of benzene rings is 1. The smallest absolute Gasteiger partial charge is 0.230 e. The first-order valence-electron chi connectivity index (χ1n) is 7.40. The molecule has 0 fully saturated rings. The third-order valence-electron chi connectivity index (χ3n) is 3.62. The van der Waals surface area contributed by atoms with E-state index < -0.39 is 0 Å². The van der Waals surface area contributed by atoms with Crippen molar-refractivity contribution in [2.24, 2.45) is 5.73 Å². The van der Waals surface area contributed by atoms with Gasteiger partial charge in [-0.2, -0.15) is 0 Å². The van der Waals surface area contributed by atoms with Gasteiger partial charge in [0.1, 0.15) is 0 Å². The van der Waals surface area contributed by atoms with Gasteiger partial charge in [-0.05, 0) is 31.0 Å². The van der Waals surface area contributed by atoms with Gasteiger partial charge in [-0.3, -0.25) is 4.79 Å². The van der Waals surface area contributed by atoms with E-state index in [4.69, 9.17) is 17.3 Å². The highest BCUT2D eigenvalue weighted by atomic mass is 35.5. The number of halogens is 1. The van der Waals surface area contributed by atoms with Crippen molar-refractivity contribution in [1.82, 2.24) is 4.90 Å². The SMILES string of the molecule is CC(C(=O)N(CCN)CCc1ccccc1)c1ccc(Cl)s1. The summed E-state index contributed by atoms with van der Waals surface area (Å²) < 4.78 is 0.712. The fraction of sp³-hybridized carbons (Fsp3) is 0.353. The number of hydrogen-bond donors (Lipinski definition) is 1. The van der Waals surface area contributed by atoms with Gasteiger partial charge in [0.2, 0.25) is 5.91 Å². The molecule has 1 amide bonds. The molecule has 1 aromatic heterocycles. The van der Waals surface area contributed by atoms with E-state index in [-0.39, 0.29) is 11.8 Å². The maximum absolute atomic E-state index is 12.7. The molecular weight excluding hydrogens is 316 g/mol. The third-order valence-corrected chi connectivity index (χ3v) is 5.03. The Labute approximate surface area is 140 Å². The normalized spacial score (nSPS) is 12.1. The summed E-state index contributed by atoms with van der Waals surface area (Å²) in [5.41, 5.74) is 6.89. The summed E-state index contributed by atoms with van der Waals surface area (Å²) in [7, 11) is 0. The van der Waals surface area contributed by atoms with Gasteiger partial charge in [0.15, 0.2) is 0 Å². The zero-order valence-electron chi connectivity index (χ0n) is 12.7. The first-order valence-corrected chi connectivity index (χ1v) is 8.59. The second kappa shape index (κ2) is 8.32. The molecule has 0 aliphatic rings. The van der Waals surface area contributed by atoms with Crippen molar-refractivity contribution in [3.8, 4) is 0 Å². The Hall–Kier alpha value is -1.36. The zero-order chi connectivity index (χ0) is 15.9. The highest BCUT2D eigenvalue weighted by Gasteiger charge is 2.22. The van der Waals surface area contributed by atoms with Crippen LogP contribution in [-0.4, -0.2) is 30.4 Å². The molecule has 1 atom stereocenters. The largest absolute Gasteiger partial charge is 0.341 e. The molecule has 2 rings (SSSR count). The van der Waals surface area contributed by atoms with Crippen LogP contribution in [0.3, 0.4) is 0 Å². The third kappa shape index (κ3) is 4.57. The molecule has 3 nitrogen and oxygen atoms in total. The molecule has 22 heavy (non-hydrogen) atoms. The molecule has 0 spiro atoms.